The lowest BCUT2D eigenvalue weighted by Crippen LogP contribution is -2.30. The van der Waals surface area contributed by atoms with E-state index in [1.54, 1.807) is 0 Å². The number of ether oxygens (including phenoxy) is 1. The van der Waals surface area contributed by atoms with Crippen molar-refractivity contribution < 1.29 is 32.5 Å². The molecule has 0 radical (unpaired) electrons. The second-order valence-electron chi connectivity index (χ2n) is 7.17. The quantitative estimate of drug-likeness (QED) is 0.650. The Morgan fingerprint density at radius 1 is 1.36 bits per heavy atom. The molecular weight excluding hydrogens is 386 g/mol. The fourth-order valence-electron chi connectivity index (χ4n) is 3.34. The summed E-state index contributed by atoms with van der Waals surface area (Å²) in [5.41, 5.74) is -0.232. The highest BCUT2D eigenvalue weighted by molar-refractivity contribution is 5.83. The Bertz CT molecular complexity index is 872. The Morgan fingerprint density at radius 2 is 2.07 bits per heavy atom. The third-order valence-corrected chi connectivity index (χ3v) is 5.12. The number of aliphatic hydroxyl groups is 2. The van der Waals surface area contributed by atoms with Crippen LogP contribution in [-0.2, 0) is 10.9 Å². The molecule has 12 heteroatoms. The molecule has 5 atom stereocenters. The smallest absolute Gasteiger partial charge is 0.394 e. The highest BCUT2D eigenvalue weighted by Crippen LogP contribution is 2.38. The molecule has 0 aromatic carbocycles. The second kappa shape index (κ2) is 6.78. The van der Waals surface area contributed by atoms with E-state index in [4.69, 9.17) is 4.74 Å². The minimum Gasteiger partial charge on any atom is -0.394 e. The van der Waals surface area contributed by atoms with Crippen molar-refractivity contribution in [2.45, 2.75) is 56.6 Å². The van der Waals surface area contributed by atoms with Gasteiger partial charge in [-0.25, -0.2) is 19.3 Å². The molecule has 2 aliphatic rings. The number of anilines is 1. The lowest BCUT2D eigenvalue weighted by Gasteiger charge is -2.17. The lowest BCUT2D eigenvalue weighted by molar-refractivity contribution is -0.144. The van der Waals surface area contributed by atoms with Crippen LogP contribution >= 0.6 is 0 Å². The second-order valence-corrected chi connectivity index (χ2v) is 7.17. The van der Waals surface area contributed by atoms with Crippen LogP contribution in [0.5, 0.6) is 0 Å². The molecule has 8 nitrogen and oxygen atoms in total. The summed E-state index contributed by atoms with van der Waals surface area (Å²) in [7, 11) is 0. The number of alkyl halides is 4. The van der Waals surface area contributed by atoms with Crippen molar-refractivity contribution >= 4 is 17.0 Å². The van der Waals surface area contributed by atoms with Gasteiger partial charge in [-0.05, 0) is 25.7 Å². The van der Waals surface area contributed by atoms with Gasteiger partial charge in [0.1, 0.15) is 12.2 Å². The van der Waals surface area contributed by atoms with Gasteiger partial charge >= 0.3 is 6.18 Å². The number of halogens is 4. The average Bonchev–Trinajstić information content (AvgIpc) is 3.35. The van der Waals surface area contributed by atoms with E-state index in [0.717, 1.165) is 23.7 Å². The average molecular weight is 405 g/mol. The van der Waals surface area contributed by atoms with Crippen molar-refractivity contribution in [2.24, 2.45) is 5.92 Å². The summed E-state index contributed by atoms with van der Waals surface area (Å²) in [6.45, 7) is 1.20. The minimum atomic E-state index is -4.82. The molecule has 3 N–H and O–H groups in total. The number of fused-ring (bicyclic) bond motifs is 1. The van der Waals surface area contributed by atoms with Crippen molar-refractivity contribution in [3.05, 3.63) is 12.2 Å². The Morgan fingerprint density at radius 3 is 2.64 bits per heavy atom. The summed E-state index contributed by atoms with van der Waals surface area (Å²) in [6.07, 6.45) is -8.04. The number of aromatic nitrogens is 4. The number of hydrogen-bond donors (Lipinski definition) is 3. The summed E-state index contributed by atoms with van der Waals surface area (Å²) >= 11 is 0. The first-order valence-electron chi connectivity index (χ1n) is 8.87. The van der Waals surface area contributed by atoms with Crippen molar-refractivity contribution in [3.8, 4) is 0 Å². The number of hydrogen-bond acceptors (Lipinski definition) is 7. The molecule has 0 amide bonds. The number of aliphatic hydroxyl groups excluding tert-OH is 2. The molecule has 1 aliphatic heterocycles. The van der Waals surface area contributed by atoms with Crippen LogP contribution in [0.1, 0.15) is 31.8 Å². The van der Waals surface area contributed by atoms with Crippen LogP contribution in [0.3, 0.4) is 0 Å². The molecule has 0 spiro atoms. The normalized spacial score (nSPS) is 29.4. The van der Waals surface area contributed by atoms with Crippen molar-refractivity contribution in [2.75, 3.05) is 11.9 Å². The van der Waals surface area contributed by atoms with E-state index < -0.39 is 43.2 Å². The first kappa shape index (κ1) is 19.3. The van der Waals surface area contributed by atoms with Gasteiger partial charge in [-0.15, -0.1) is 0 Å². The molecule has 4 rings (SSSR count). The van der Waals surface area contributed by atoms with Crippen molar-refractivity contribution in [1.29, 1.82) is 0 Å². The fraction of sp³-hybridized carbons (Fsp3) is 0.688. The number of imidazole rings is 1. The third-order valence-electron chi connectivity index (χ3n) is 5.12. The molecular formula is C16H19F4N5O3. The number of nitrogens with zero attached hydrogens (tertiary/aromatic N) is 4. The molecule has 2 aromatic rings. The molecule has 3 heterocycles. The van der Waals surface area contributed by atoms with E-state index in [-0.39, 0.29) is 23.0 Å². The summed E-state index contributed by atoms with van der Waals surface area (Å²) in [6, 6.07) is -0.110. The summed E-state index contributed by atoms with van der Waals surface area (Å²) < 4.78 is 60.7. The van der Waals surface area contributed by atoms with Crippen molar-refractivity contribution in [3.63, 3.8) is 0 Å². The zero-order chi connectivity index (χ0) is 20.2. The monoisotopic (exact) mass is 405 g/mol. The van der Waals surface area contributed by atoms with Crippen LogP contribution in [0, 0.1) is 5.92 Å². The SMILES string of the molecule is CC(Nc1nc(C(F)(F)F)nc2c1ncn2[C@@H]1O[C@H](CO)C(O)[C@H]1F)C1CC1. The van der Waals surface area contributed by atoms with Crippen LogP contribution in [0.25, 0.3) is 11.2 Å². The maximum Gasteiger partial charge on any atom is 0.451 e. The van der Waals surface area contributed by atoms with Gasteiger partial charge in [0.2, 0.25) is 5.82 Å². The van der Waals surface area contributed by atoms with Crippen LogP contribution in [-0.4, -0.2) is 60.8 Å². The number of nitrogens with one attached hydrogen (secondary N) is 1. The van der Waals surface area contributed by atoms with E-state index in [1.165, 1.54) is 0 Å². The lowest BCUT2D eigenvalue weighted by atomic mass is 10.1. The molecule has 2 unspecified atom stereocenters. The summed E-state index contributed by atoms with van der Waals surface area (Å²) in [5, 5.41) is 21.9. The molecule has 28 heavy (non-hydrogen) atoms. The predicted molar refractivity (Wildman–Crippen MR) is 88.0 cm³/mol. The van der Waals surface area contributed by atoms with Gasteiger partial charge in [0, 0.05) is 6.04 Å². The van der Waals surface area contributed by atoms with Gasteiger partial charge in [0.15, 0.2) is 29.4 Å². The van der Waals surface area contributed by atoms with Crippen molar-refractivity contribution in [1.82, 2.24) is 19.5 Å². The predicted octanol–water partition coefficient (Wildman–Crippen LogP) is 1.64. The largest absolute Gasteiger partial charge is 0.451 e. The molecule has 0 bridgehead atoms. The molecule has 1 saturated heterocycles. The maximum atomic E-state index is 14.5. The van der Waals surface area contributed by atoms with Gasteiger partial charge in [0.25, 0.3) is 0 Å². The van der Waals surface area contributed by atoms with Crippen LogP contribution in [0.15, 0.2) is 6.33 Å². The topological polar surface area (TPSA) is 105 Å². The first-order valence-corrected chi connectivity index (χ1v) is 8.87. The molecule has 1 aliphatic carbocycles. The van der Waals surface area contributed by atoms with Gasteiger partial charge in [0.05, 0.1) is 12.9 Å². The first-order chi connectivity index (χ1) is 13.2. The van der Waals surface area contributed by atoms with E-state index in [1.807, 2.05) is 6.92 Å². The van der Waals surface area contributed by atoms with Gasteiger partial charge in [-0.2, -0.15) is 13.2 Å². The molecule has 2 fully saturated rings. The van der Waals surface area contributed by atoms with Gasteiger partial charge < -0.3 is 20.3 Å². The maximum absolute atomic E-state index is 14.5. The van der Waals surface area contributed by atoms with Gasteiger partial charge in [-0.1, -0.05) is 0 Å². The standard InChI is InChI=1S/C16H19F4N5O3/c1-6(7-2-3-7)22-12-10-13(24-15(23-12)16(18,19)20)25(5-21-10)14-9(17)11(27)8(4-26)28-14/h5-9,11,14,26-27H,2-4H2,1H3,(H,22,23,24)/t6?,8-,9-,11?,14-/m1/s1. The zero-order valence-corrected chi connectivity index (χ0v) is 14.8. The minimum absolute atomic E-state index is 0.0400. The summed E-state index contributed by atoms with van der Waals surface area (Å²) in [5.74, 6) is -1.14. The van der Waals surface area contributed by atoms with E-state index in [9.17, 15) is 27.8 Å². The van der Waals surface area contributed by atoms with E-state index in [0.29, 0.717) is 5.92 Å². The highest BCUT2D eigenvalue weighted by Gasteiger charge is 2.46. The van der Waals surface area contributed by atoms with Crippen LogP contribution in [0.4, 0.5) is 23.4 Å². The molecule has 154 valence electrons. The van der Waals surface area contributed by atoms with Crippen LogP contribution < -0.4 is 5.32 Å². The molecule has 2 aromatic heterocycles. The fourth-order valence-corrected chi connectivity index (χ4v) is 3.34. The Balaban J connectivity index is 1.78. The Hall–Kier alpha value is -2.05. The molecule has 1 saturated carbocycles. The third kappa shape index (κ3) is 3.29. The summed E-state index contributed by atoms with van der Waals surface area (Å²) in [4.78, 5) is 11.2. The number of rotatable bonds is 5. The Labute approximate surface area is 156 Å². The van der Waals surface area contributed by atoms with E-state index >= 15 is 0 Å². The van der Waals surface area contributed by atoms with E-state index in [2.05, 4.69) is 20.3 Å². The highest BCUT2D eigenvalue weighted by atomic mass is 19.4. The Kier molecular flexibility index (Phi) is 4.67. The zero-order valence-electron chi connectivity index (χ0n) is 14.8. The van der Waals surface area contributed by atoms with Crippen LogP contribution in [0.2, 0.25) is 0 Å². The van der Waals surface area contributed by atoms with Gasteiger partial charge in [-0.3, -0.25) is 4.57 Å².